The monoisotopic (exact) mass is 505 g/mol. The molecule has 2 aromatic rings. The Bertz CT molecular complexity index is 1060. The van der Waals surface area contributed by atoms with E-state index in [1.165, 1.54) is 31.0 Å². The van der Waals surface area contributed by atoms with Crippen LogP contribution in [0.5, 0.6) is 0 Å². The second kappa shape index (κ2) is 10.5. The van der Waals surface area contributed by atoms with Crippen LogP contribution < -0.4 is 9.62 Å². The highest BCUT2D eigenvalue weighted by atomic mass is 35.5. The van der Waals surface area contributed by atoms with Crippen LogP contribution in [0.4, 0.5) is 5.69 Å². The van der Waals surface area contributed by atoms with Gasteiger partial charge in [-0.25, -0.2) is 8.42 Å². The molecule has 1 atom stereocenters. The molecule has 11 heteroatoms. The van der Waals surface area contributed by atoms with E-state index in [-0.39, 0.29) is 17.3 Å². The van der Waals surface area contributed by atoms with E-state index in [1.54, 1.807) is 30.3 Å². The summed E-state index contributed by atoms with van der Waals surface area (Å²) >= 11 is 18.7. The maximum atomic E-state index is 13.3. The molecule has 0 bridgehead atoms. The summed E-state index contributed by atoms with van der Waals surface area (Å²) in [7, 11) is -2.42. The molecule has 0 aliphatic rings. The molecule has 0 saturated heterocycles. The van der Waals surface area contributed by atoms with E-state index in [1.807, 2.05) is 0 Å². The molecule has 1 N–H and O–H groups in total. The van der Waals surface area contributed by atoms with Gasteiger partial charge >= 0.3 is 0 Å². The van der Waals surface area contributed by atoms with Gasteiger partial charge in [0.15, 0.2) is 0 Å². The molecule has 7 nitrogen and oxygen atoms in total. The third-order valence-electron chi connectivity index (χ3n) is 4.60. The van der Waals surface area contributed by atoms with Gasteiger partial charge in [0.1, 0.15) is 12.6 Å². The number of nitrogens with one attached hydrogen (secondary N) is 1. The Hall–Kier alpha value is -2.00. The normalized spacial score (nSPS) is 12.2. The Morgan fingerprint density at radius 2 is 1.55 bits per heavy atom. The lowest BCUT2D eigenvalue weighted by molar-refractivity contribution is -0.139. The summed E-state index contributed by atoms with van der Waals surface area (Å²) < 4.78 is 25.8. The van der Waals surface area contributed by atoms with E-state index in [9.17, 15) is 18.0 Å². The largest absolute Gasteiger partial charge is 0.357 e. The standard InChI is InChI=1S/C20H22Cl3N3O4S/c1-13(20(28)24-2)25(11-14-15(21)8-6-9-16(14)22)19(27)12-26(31(3,29)30)18-10-5-4-7-17(18)23/h4-10,13H,11-12H2,1-3H3,(H,24,28). The summed E-state index contributed by atoms with van der Waals surface area (Å²) in [6.07, 6.45) is 0.973. The van der Waals surface area contributed by atoms with Crippen LogP contribution in [-0.4, -0.2) is 51.0 Å². The number of rotatable bonds is 8. The first-order valence-electron chi connectivity index (χ1n) is 9.13. The first kappa shape index (κ1) is 25.3. The van der Waals surface area contributed by atoms with Crippen molar-refractivity contribution < 1.29 is 18.0 Å². The first-order chi connectivity index (χ1) is 14.5. The van der Waals surface area contributed by atoms with Gasteiger partial charge in [0, 0.05) is 29.2 Å². The Morgan fingerprint density at radius 1 is 1.00 bits per heavy atom. The predicted molar refractivity (Wildman–Crippen MR) is 124 cm³/mol. The molecule has 2 amide bonds. The van der Waals surface area contributed by atoms with E-state index in [2.05, 4.69) is 5.32 Å². The average Bonchev–Trinajstić information content (AvgIpc) is 2.70. The number of hydrogen-bond acceptors (Lipinski definition) is 4. The van der Waals surface area contributed by atoms with E-state index in [4.69, 9.17) is 34.8 Å². The van der Waals surface area contributed by atoms with Crippen molar-refractivity contribution in [2.45, 2.75) is 19.5 Å². The second-order valence-corrected chi connectivity index (χ2v) is 9.86. The highest BCUT2D eigenvalue weighted by molar-refractivity contribution is 7.92. The van der Waals surface area contributed by atoms with Gasteiger partial charge in [-0.2, -0.15) is 0 Å². The van der Waals surface area contributed by atoms with Gasteiger partial charge in [-0.1, -0.05) is 53.0 Å². The molecule has 2 aromatic carbocycles. The smallest absolute Gasteiger partial charge is 0.244 e. The average molecular weight is 507 g/mol. The van der Waals surface area contributed by atoms with Crippen molar-refractivity contribution in [2.75, 3.05) is 24.2 Å². The van der Waals surface area contributed by atoms with Crippen LogP contribution in [0.15, 0.2) is 42.5 Å². The molecule has 0 aliphatic heterocycles. The lowest BCUT2D eigenvalue weighted by atomic mass is 10.1. The Labute approximate surface area is 196 Å². The molecular weight excluding hydrogens is 485 g/mol. The van der Waals surface area contributed by atoms with E-state index < -0.39 is 34.4 Å². The van der Waals surface area contributed by atoms with Crippen molar-refractivity contribution in [1.29, 1.82) is 0 Å². The van der Waals surface area contributed by atoms with Crippen LogP contribution in [0.1, 0.15) is 12.5 Å². The van der Waals surface area contributed by atoms with Crippen LogP contribution in [0.25, 0.3) is 0 Å². The summed E-state index contributed by atoms with van der Waals surface area (Å²) in [5, 5.41) is 3.29. The molecule has 0 aliphatic carbocycles. The van der Waals surface area contributed by atoms with Gasteiger partial charge in [-0.05, 0) is 31.2 Å². The summed E-state index contributed by atoms with van der Waals surface area (Å²) in [4.78, 5) is 26.8. The van der Waals surface area contributed by atoms with Crippen molar-refractivity contribution in [3.8, 4) is 0 Å². The topological polar surface area (TPSA) is 86.8 Å². The molecular formula is C20H22Cl3N3O4S. The summed E-state index contributed by atoms with van der Waals surface area (Å²) in [6.45, 7) is 0.875. The number of halogens is 3. The third kappa shape index (κ3) is 6.26. The van der Waals surface area contributed by atoms with Gasteiger partial charge in [-0.3, -0.25) is 13.9 Å². The number of sulfonamides is 1. The Morgan fingerprint density at radius 3 is 2.06 bits per heavy atom. The minimum Gasteiger partial charge on any atom is -0.357 e. The number of para-hydroxylation sites is 1. The number of anilines is 1. The van der Waals surface area contributed by atoms with Crippen molar-refractivity contribution in [1.82, 2.24) is 10.2 Å². The Balaban J connectivity index is 2.46. The molecule has 31 heavy (non-hydrogen) atoms. The zero-order valence-electron chi connectivity index (χ0n) is 17.1. The van der Waals surface area contributed by atoms with Gasteiger partial charge in [0.25, 0.3) is 0 Å². The van der Waals surface area contributed by atoms with Gasteiger partial charge < -0.3 is 10.2 Å². The zero-order valence-corrected chi connectivity index (χ0v) is 20.2. The number of carbonyl (C=O) groups excluding carboxylic acids is 2. The van der Waals surface area contributed by atoms with Crippen molar-refractivity contribution >= 4 is 62.3 Å². The van der Waals surface area contributed by atoms with Crippen molar-refractivity contribution in [3.05, 3.63) is 63.1 Å². The fourth-order valence-electron chi connectivity index (χ4n) is 2.89. The van der Waals surface area contributed by atoms with Crippen LogP contribution in [0, 0.1) is 0 Å². The number of carbonyl (C=O) groups is 2. The van der Waals surface area contributed by atoms with Crippen LogP contribution in [0.3, 0.4) is 0 Å². The van der Waals surface area contributed by atoms with Crippen molar-refractivity contribution in [2.24, 2.45) is 0 Å². The van der Waals surface area contributed by atoms with Crippen LogP contribution in [-0.2, 0) is 26.2 Å². The van der Waals surface area contributed by atoms with Crippen LogP contribution in [0.2, 0.25) is 15.1 Å². The van der Waals surface area contributed by atoms with Crippen LogP contribution >= 0.6 is 34.8 Å². The highest BCUT2D eigenvalue weighted by Crippen LogP contribution is 2.29. The fraction of sp³-hybridized carbons (Fsp3) is 0.300. The van der Waals surface area contributed by atoms with Gasteiger partial charge in [0.2, 0.25) is 21.8 Å². The molecule has 1 unspecified atom stereocenters. The minimum absolute atomic E-state index is 0.0912. The van der Waals surface area contributed by atoms with E-state index in [0.29, 0.717) is 15.6 Å². The molecule has 0 spiro atoms. The van der Waals surface area contributed by atoms with E-state index >= 15 is 0 Å². The highest BCUT2D eigenvalue weighted by Gasteiger charge is 2.31. The summed E-state index contributed by atoms with van der Waals surface area (Å²) in [6, 6.07) is 10.2. The third-order valence-corrected chi connectivity index (χ3v) is 6.76. The second-order valence-electron chi connectivity index (χ2n) is 6.73. The maximum absolute atomic E-state index is 13.3. The SMILES string of the molecule is CNC(=O)C(C)N(Cc1c(Cl)cccc1Cl)C(=O)CN(c1ccccc1Cl)S(C)(=O)=O. The molecule has 0 aromatic heterocycles. The van der Waals surface area contributed by atoms with Gasteiger partial charge in [-0.15, -0.1) is 0 Å². The minimum atomic E-state index is -3.86. The van der Waals surface area contributed by atoms with E-state index in [0.717, 1.165) is 10.6 Å². The molecule has 0 saturated carbocycles. The number of nitrogens with zero attached hydrogens (tertiary/aromatic N) is 2. The lowest BCUT2D eigenvalue weighted by Crippen LogP contribution is -2.50. The van der Waals surface area contributed by atoms with Gasteiger partial charge in [0.05, 0.1) is 17.0 Å². The molecule has 2 rings (SSSR count). The predicted octanol–water partition coefficient (Wildman–Crippen LogP) is 3.58. The maximum Gasteiger partial charge on any atom is 0.244 e. The first-order valence-corrected chi connectivity index (χ1v) is 12.1. The fourth-order valence-corrected chi connectivity index (χ4v) is 4.56. The number of benzene rings is 2. The van der Waals surface area contributed by atoms with Crippen molar-refractivity contribution in [3.63, 3.8) is 0 Å². The zero-order chi connectivity index (χ0) is 23.3. The number of likely N-dealkylation sites (N-methyl/N-ethyl adjacent to an activating group) is 1. The molecule has 0 heterocycles. The molecule has 168 valence electrons. The number of amides is 2. The number of hydrogen-bond donors (Lipinski definition) is 1. The summed E-state index contributed by atoms with van der Waals surface area (Å²) in [5.41, 5.74) is 0.599. The molecule has 0 fully saturated rings. The Kier molecular flexibility index (Phi) is 8.59. The molecule has 0 radical (unpaired) electrons. The lowest BCUT2D eigenvalue weighted by Gasteiger charge is -2.31. The summed E-state index contributed by atoms with van der Waals surface area (Å²) in [5.74, 6) is -1.06. The quantitative estimate of drug-likeness (QED) is 0.593.